The second kappa shape index (κ2) is 13.5. The number of ether oxygens (including phenoxy) is 2. The van der Waals surface area contributed by atoms with Gasteiger partial charge in [-0.2, -0.15) is 0 Å². The zero-order valence-corrected chi connectivity index (χ0v) is 25.1. The maximum atomic E-state index is 14.3. The summed E-state index contributed by atoms with van der Waals surface area (Å²) in [5.41, 5.74) is 13.4. The molecular formula is C32H40F10N6O2. The molecule has 280 valence electrons. The normalized spacial score (nSPS) is 33.0. The van der Waals surface area contributed by atoms with Crippen LogP contribution < -0.4 is 22.9 Å². The van der Waals surface area contributed by atoms with Crippen LogP contribution in [0.25, 0.3) is 0 Å². The molecule has 6 atom stereocenters. The first-order valence-electron chi connectivity index (χ1n) is 14.6. The molecule has 18 heteroatoms. The van der Waals surface area contributed by atoms with Crippen LogP contribution in [0, 0.1) is 23.5 Å². The third-order valence-corrected chi connectivity index (χ3v) is 9.55. The van der Waals surface area contributed by atoms with Crippen LogP contribution in [0.15, 0.2) is 46.4 Å². The zero-order chi connectivity index (χ0) is 35.5. The summed E-state index contributed by atoms with van der Waals surface area (Å²) in [5, 5.41) is 0. The predicted octanol–water partition coefficient (Wildman–Crippen LogP) is 6.61. The lowest BCUT2D eigenvalue weighted by atomic mass is 9.71. The highest BCUT2D eigenvalue weighted by Gasteiger charge is 2.69. The van der Waals surface area contributed by atoms with Gasteiger partial charge in [0.05, 0.1) is 12.8 Å². The van der Waals surface area contributed by atoms with Gasteiger partial charge in [0, 0.05) is 47.2 Å². The molecule has 0 radical (unpaired) electrons. The summed E-state index contributed by atoms with van der Waals surface area (Å²) >= 11 is 0. The van der Waals surface area contributed by atoms with Gasteiger partial charge in [-0.3, -0.25) is 0 Å². The van der Waals surface area contributed by atoms with Gasteiger partial charge in [-0.1, -0.05) is 14.9 Å². The van der Waals surface area contributed by atoms with Gasteiger partial charge in [-0.15, -0.1) is 0 Å². The van der Waals surface area contributed by atoms with Gasteiger partial charge < -0.3 is 32.4 Å². The first-order valence-corrected chi connectivity index (χ1v) is 14.6. The number of anilines is 2. The third kappa shape index (κ3) is 6.45. The van der Waals surface area contributed by atoms with Gasteiger partial charge >= 0.3 is 0 Å². The maximum absolute atomic E-state index is 14.3. The molecule has 2 aliphatic heterocycles. The van der Waals surface area contributed by atoms with E-state index in [0.29, 0.717) is 0 Å². The molecule has 0 unspecified atom stereocenters. The van der Waals surface area contributed by atoms with Crippen molar-refractivity contribution in [2.45, 2.75) is 74.7 Å². The summed E-state index contributed by atoms with van der Waals surface area (Å²) in [4.78, 5) is 7.61. The summed E-state index contributed by atoms with van der Waals surface area (Å²) in [5.74, 6) is -11.3. The van der Waals surface area contributed by atoms with Crippen LogP contribution in [0.2, 0.25) is 0 Å². The van der Waals surface area contributed by atoms with Crippen molar-refractivity contribution < 1.29 is 53.4 Å². The number of alkyl halides is 8. The minimum absolute atomic E-state index is 0. The topological polar surface area (TPSA) is 147 Å². The Hall–Kier alpha value is -4.12. The fourth-order valence-electron chi connectivity index (χ4n) is 7.64. The summed E-state index contributed by atoms with van der Waals surface area (Å²) < 4.78 is 150. The van der Waals surface area contributed by atoms with Crippen LogP contribution in [-0.2, 0) is 20.6 Å². The average Bonchev–Trinajstić information content (AvgIpc) is 3.47. The van der Waals surface area contributed by atoms with Crippen LogP contribution in [-0.4, -0.2) is 61.8 Å². The lowest BCUT2D eigenvalue weighted by Crippen LogP contribution is -2.57. The highest BCUT2D eigenvalue weighted by Crippen LogP contribution is 2.60. The highest BCUT2D eigenvalue weighted by atomic mass is 19.3. The van der Waals surface area contributed by atoms with Gasteiger partial charge in [0.15, 0.2) is 11.2 Å². The minimum atomic E-state index is -3.31. The van der Waals surface area contributed by atoms with Crippen LogP contribution >= 0.6 is 0 Å². The Morgan fingerprint density at radius 3 is 1.24 bits per heavy atom. The molecule has 8 N–H and O–H groups in total. The van der Waals surface area contributed by atoms with E-state index in [2.05, 4.69) is 9.98 Å². The second-order valence-corrected chi connectivity index (χ2v) is 12.7. The quantitative estimate of drug-likeness (QED) is 0.194. The molecular weight excluding hydrogens is 690 g/mol. The Balaban J connectivity index is 0.000000260. The number of amidine groups is 2. The van der Waals surface area contributed by atoms with Crippen LogP contribution in [0.3, 0.4) is 0 Å². The molecule has 2 aromatic rings. The molecule has 0 saturated heterocycles. The van der Waals surface area contributed by atoms with Gasteiger partial charge in [0.2, 0.25) is 0 Å². The fraction of sp³-hybridized carbons (Fsp3) is 0.562. The van der Waals surface area contributed by atoms with Crippen LogP contribution in [0.1, 0.15) is 51.7 Å². The number of nitrogens with two attached hydrogens (primary N) is 4. The Morgan fingerprint density at radius 2 is 0.940 bits per heavy atom. The SMILES string of the molecule is C.C.NC1=N[C@@](CF)(c2cc(N)ccc2F)[C@@H]2CC(F)(F)C[C@]2(CF)O1.NC1=N[C@](CF)(c2cc(N)ccc2F)[C@H]2CC(F)(F)C[C@@]2(CF)O1. The molecule has 6 rings (SSSR count). The maximum Gasteiger partial charge on any atom is 0.283 e. The molecule has 8 nitrogen and oxygen atoms in total. The molecule has 50 heavy (non-hydrogen) atoms. The molecule has 2 heterocycles. The van der Waals surface area contributed by atoms with Crippen molar-refractivity contribution in [3.8, 4) is 0 Å². The van der Waals surface area contributed by atoms with E-state index in [1.54, 1.807) is 0 Å². The van der Waals surface area contributed by atoms with E-state index < -0.39 is 122 Å². The van der Waals surface area contributed by atoms with Crippen molar-refractivity contribution in [2.24, 2.45) is 33.3 Å². The van der Waals surface area contributed by atoms with E-state index in [-0.39, 0.29) is 37.4 Å². The Labute approximate surface area is 282 Å². The summed E-state index contributed by atoms with van der Waals surface area (Å²) in [6, 6.07) is 5.35. The van der Waals surface area contributed by atoms with Crippen LogP contribution in [0.5, 0.6) is 0 Å². The van der Waals surface area contributed by atoms with Gasteiger partial charge in [-0.05, 0) is 36.4 Å². The Bertz CT molecular complexity index is 1510. The van der Waals surface area contributed by atoms with Gasteiger partial charge in [-0.25, -0.2) is 53.9 Å². The fourth-order valence-corrected chi connectivity index (χ4v) is 7.64. The second-order valence-electron chi connectivity index (χ2n) is 12.7. The average molecular weight is 731 g/mol. The standard InChI is InChI=1S/2C15H16F5N3O.2CH4/c2*16-6-13-5-14(19,20)4-11(13)15(7-17,23-12(22)24-13)9-3-8(21)1-2-10(9)18;;/h2*1-3,11H,4-7,21H2,(H2,22,23);2*1H4/t2*11-,13-,15+;;/m10../s1. The van der Waals surface area contributed by atoms with E-state index >= 15 is 0 Å². The Morgan fingerprint density at radius 1 is 0.600 bits per heavy atom. The van der Waals surface area contributed by atoms with E-state index in [4.69, 9.17) is 32.4 Å². The number of fused-ring (bicyclic) bond motifs is 2. The van der Waals surface area contributed by atoms with Gasteiger partial charge in [0.25, 0.3) is 23.9 Å². The zero-order valence-electron chi connectivity index (χ0n) is 25.1. The summed E-state index contributed by atoms with van der Waals surface area (Å²) in [7, 11) is 0. The van der Waals surface area contributed by atoms with Gasteiger partial charge in [0.1, 0.15) is 49.4 Å². The molecule has 0 aromatic heterocycles. The molecule has 2 aromatic carbocycles. The third-order valence-electron chi connectivity index (χ3n) is 9.55. The van der Waals surface area contributed by atoms with Crippen molar-refractivity contribution in [1.29, 1.82) is 0 Å². The van der Waals surface area contributed by atoms with E-state index in [0.717, 1.165) is 24.3 Å². The smallest absolute Gasteiger partial charge is 0.283 e. The van der Waals surface area contributed by atoms with E-state index in [1.807, 2.05) is 0 Å². The van der Waals surface area contributed by atoms with Crippen molar-refractivity contribution in [3.63, 3.8) is 0 Å². The lowest BCUT2D eigenvalue weighted by molar-refractivity contribution is -0.0697. The number of aliphatic imine (C=N–C) groups is 2. The summed E-state index contributed by atoms with van der Waals surface area (Å²) in [6.07, 6.45) is -3.76. The predicted molar refractivity (Wildman–Crippen MR) is 169 cm³/mol. The Kier molecular flexibility index (Phi) is 10.9. The lowest BCUT2D eigenvalue weighted by Gasteiger charge is -2.46. The first kappa shape index (κ1) is 40.3. The monoisotopic (exact) mass is 730 g/mol. The molecule has 2 saturated carbocycles. The van der Waals surface area contributed by atoms with Crippen molar-refractivity contribution in [1.82, 2.24) is 0 Å². The molecule has 4 aliphatic rings. The van der Waals surface area contributed by atoms with Crippen molar-refractivity contribution in [2.75, 3.05) is 38.2 Å². The number of nitrogens with zero attached hydrogens (tertiary/aromatic N) is 2. The van der Waals surface area contributed by atoms with Crippen molar-refractivity contribution in [3.05, 3.63) is 59.2 Å². The van der Waals surface area contributed by atoms with E-state index in [1.165, 1.54) is 12.1 Å². The largest absolute Gasteiger partial charge is 0.455 e. The molecule has 0 bridgehead atoms. The van der Waals surface area contributed by atoms with E-state index in [9.17, 15) is 43.9 Å². The number of rotatable bonds is 6. The van der Waals surface area contributed by atoms with Crippen molar-refractivity contribution >= 4 is 23.4 Å². The highest BCUT2D eigenvalue weighted by molar-refractivity contribution is 5.75. The number of halogens is 10. The number of hydrogen-bond donors (Lipinski definition) is 4. The molecule has 2 aliphatic carbocycles. The minimum Gasteiger partial charge on any atom is -0.455 e. The number of benzene rings is 2. The first-order chi connectivity index (χ1) is 22.4. The molecule has 0 spiro atoms. The molecule has 0 amide bonds. The number of hydrogen-bond acceptors (Lipinski definition) is 8. The summed E-state index contributed by atoms with van der Waals surface area (Å²) in [6.45, 7) is -5.34. The molecule has 2 fully saturated rings. The van der Waals surface area contributed by atoms with Crippen LogP contribution in [0.4, 0.5) is 55.3 Å². The number of nitrogen functional groups attached to an aromatic ring is 2.